The average molecular weight is 492 g/mol. The monoisotopic (exact) mass is 492 g/mol. The zero-order valence-corrected chi connectivity index (χ0v) is 19.0. The van der Waals surface area contributed by atoms with Gasteiger partial charge in [-0.15, -0.1) is 24.0 Å². The SMILES string of the molecule is CCNC(=NCc1ccnc(N(C)C)c1)NCCc1c[nH]c2ccccc12.I. The molecule has 6 nitrogen and oxygen atoms in total. The van der Waals surface area contributed by atoms with Crippen LogP contribution < -0.4 is 15.5 Å². The van der Waals surface area contributed by atoms with E-state index < -0.39 is 0 Å². The third-order valence-electron chi connectivity index (χ3n) is 4.39. The molecule has 0 saturated heterocycles. The molecule has 1 aromatic carbocycles. The smallest absolute Gasteiger partial charge is 0.191 e. The van der Waals surface area contributed by atoms with Gasteiger partial charge in [0.15, 0.2) is 5.96 Å². The number of rotatable bonds is 7. The topological polar surface area (TPSA) is 68.3 Å². The number of pyridine rings is 1. The van der Waals surface area contributed by atoms with Gasteiger partial charge in [-0.3, -0.25) is 0 Å². The van der Waals surface area contributed by atoms with Crippen molar-refractivity contribution >= 4 is 46.7 Å². The lowest BCUT2D eigenvalue weighted by Gasteiger charge is -2.13. The first-order chi connectivity index (χ1) is 13.2. The number of benzene rings is 1. The number of fused-ring (bicyclic) bond motifs is 1. The van der Waals surface area contributed by atoms with Gasteiger partial charge in [0.05, 0.1) is 6.54 Å². The fourth-order valence-corrected chi connectivity index (χ4v) is 2.97. The van der Waals surface area contributed by atoms with Crippen LogP contribution in [0.3, 0.4) is 0 Å². The third-order valence-corrected chi connectivity index (χ3v) is 4.39. The van der Waals surface area contributed by atoms with E-state index >= 15 is 0 Å². The lowest BCUT2D eigenvalue weighted by molar-refractivity contribution is 0.801. The lowest BCUT2D eigenvalue weighted by atomic mass is 10.1. The number of hydrogen-bond donors (Lipinski definition) is 3. The largest absolute Gasteiger partial charge is 0.363 e. The predicted molar refractivity (Wildman–Crippen MR) is 129 cm³/mol. The van der Waals surface area contributed by atoms with Gasteiger partial charge < -0.3 is 20.5 Å². The van der Waals surface area contributed by atoms with Crippen molar-refractivity contribution in [3.05, 3.63) is 59.9 Å². The Morgan fingerprint density at radius 2 is 2.00 bits per heavy atom. The van der Waals surface area contributed by atoms with Gasteiger partial charge in [-0.05, 0) is 42.7 Å². The third kappa shape index (κ3) is 5.85. The van der Waals surface area contributed by atoms with Crippen molar-refractivity contribution in [3.8, 4) is 0 Å². The highest BCUT2D eigenvalue weighted by atomic mass is 127. The number of aromatic amines is 1. The van der Waals surface area contributed by atoms with Crippen LogP contribution in [0.5, 0.6) is 0 Å². The first-order valence-electron chi connectivity index (χ1n) is 9.37. The minimum atomic E-state index is 0. The van der Waals surface area contributed by atoms with Crippen LogP contribution >= 0.6 is 24.0 Å². The maximum Gasteiger partial charge on any atom is 0.191 e. The van der Waals surface area contributed by atoms with E-state index in [-0.39, 0.29) is 24.0 Å². The van der Waals surface area contributed by atoms with Crippen molar-refractivity contribution in [3.63, 3.8) is 0 Å². The van der Waals surface area contributed by atoms with E-state index in [1.807, 2.05) is 31.3 Å². The number of hydrogen-bond acceptors (Lipinski definition) is 3. The van der Waals surface area contributed by atoms with Crippen LogP contribution in [0.4, 0.5) is 5.82 Å². The van der Waals surface area contributed by atoms with E-state index in [1.54, 1.807) is 0 Å². The Bertz CT molecular complexity index is 903. The number of halogens is 1. The second-order valence-corrected chi connectivity index (χ2v) is 6.65. The van der Waals surface area contributed by atoms with Crippen molar-refractivity contribution in [2.75, 3.05) is 32.1 Å². The lowest BCUT2D eigenvalue weighted by Crippen LogP contribution is -2.38. The Kier molecular flexibility index (Phi) is 8.56. The molecular weight excluding hydrogens is 463 g/mol. The van der Waals surface area contributed by atoms with Crippen molar-refractivity contribution in [2.24, 2.45) is 4.99 Å². The molecular formula is C21H29IN6. The number of nitrogens with one attached hydrogen (secondary N) is 3. The van der Waals surface area contributed by atoms with Gasteiger partial charge in [0.2, 0.25) is 0 Å². The molecule has 0 aliphatic rings. The molecule has 0 aliphatic carbocycles. The molecule has 0 saturated carbocycles. The molecule has 0 atom stereocenters. The number of H-pyrrole nitrogens is 1. The normalized spacial score (nSPS) is 11.2. The van der Waals surface area contributed by atoms with Crippen molar-refractivity contribution in [2.45, 2.75) is 19.9 Å². The maximum atomic E-state index is 4.71. The highest BCUT2D eigenvalue weighted by molar-refractivity contribution is 14.0. The summed E-state index contributed by atoms with van der Waals surface area (Å²) in [5.41, 5.74) is 3.64. The highest BCUT2D eigenvalue weighted by Crippen LogP contribution is 2.17. The van der Waals surface area contributed by atoms with Crippen LogP contribution in [0.25, 0.3) is 10.9 Å². The second kappa shape index (κ2) is 10.9. The van der Waals surface area contributed by atoms with Crippen LogP contribution in [0.1, 0.15) is 18.1 Å². The molecule has 0 aliphatic heterocycles. The van der Waals surface area contributed by atoms with E-state index in [4.69, 9.17) is 4.99 Å². The molecule has 28 heavy (non-hydrogen) atoms. The second-order valence-electron chi connectivity index (χ2n) is 6.65. The summed E-state index contributed by atoms with van der Waals surface area (Å²) in [6.07, 6.45) is 4.86. The summed E-state index contributed by atoms with van der Waals surface area (Å²) >= 11 is 0. The Hall–Kier alpha value is -2.29. The molecule has 0 fully saturated rings. The molecule has 0 unspecified atom stereocenters. The van der Waals surface area contributed by atoms with Crippen LogP contribution in [0.15, 0.2) is 53.8 Å². The van der Waals surface area contributed by atoms with Crippen LogP contribution in [-0.4, -0.2) is 43.1 Å². The van der Waals surface area contributed by atoms with Crippen molar-refractivity contribution in [1.29, 1.82) is 0 Å². The summed E-state index contributed by atoms with van der Waals surface area (Å²) in [6, 6.07) is 12.5. The van der Waals surface area contributed by atoms with Crippen LogP contribution in [0.2, 0.25) is 0 Å². The number of anilines is 1. The van der Waals surface area contributed by atoms with Gasteiger partial charge in [0, 0.05) is 50.5 Å². The summed E-state index contributed by atoms with van der Waals surface area (Å²) in [6.45, 7) is 4.35. The molecule has 3 aromatic rings. The summed E-state index contributed by atoms with van der Waals surface area (Å²) < 4.78 is 0. The summed E-state index contributed by atoms with van der Waals surface area (Å²) in [5, 5.41) is 8.03. The Morgan fingerprint density at radius 3 is 2.79 bits per heavy atom. The number of aliphatic imine (C=N–C) groups is 1. The molecule has 3 rings (SSSR count). The standard InChI is InChI=1S/C21H28N6.HI/c1-4-22-21(26-14-16-9-11-23-20(13-16)27(2)3)24-12-10-17-15-25-19-8-6-5-7-18(17)19;/h5-9,11,13,15,25H,4,10,12,14H2,1-3H3,(H2,22,24,26);1H. The van der Waals surface area contributed by atoms with Gasteiger partial charge >= 0.3 is 0 Å². The van der Waals surface area contributed by atoms with Gasteiger partial charge in [0.25, 0.3) is 0 Å². The Balaban J connectivity index is 0.00000280. The predicted octanol–water partition coefficient (Wildman–Crippen LogP) is 3.54. The van der Waals surface area contributed by atoms with E-state index in [0.29, 0.717) is 6.54 Å². The molecule has 0 bridgehead atoms. The van der Waals surface area contributed by atoms with Gasteiger partial charge in [-0.2, -0.15) is 0 Å². The van der Waals surface area contributed by atoms with Gasteiger partial charge in [-0.25, -0.2) is 9.98 Å². The van der Waals surface area contributed by atoms with Crippen molar-refractivity contribution < 1.29 is 0 Å². The number of guanidine groups is 1. The Labute approximate surface area is 183 Å². The fraction of sp³-hybridized carbons (Fsp3) is 0.333. The average Bonchev–Trinajstić information content (AvgIpc) is 3.09. The highest BCUT2D eigenvalue weighted by Gasteiger charge is 2.04. The molecule has 2 aromatic heterocycles. The van der Waals surface area contributed by atoms with E-state index in [0.717, 1.165) is 36.9 Å². The number of nitrogens with zero attached hydrogens (tertiary/aromatic N) is 3. The molecule has 7 heteroatoms. The zero-order valence-electron chi connectivity index (χ0n) is 16.7. The minimum absolute atomic E-state index is 0. The van der Waals surface area contributed by atoms with Crippen LogP contribution in [0, 0.1) is 0 Å². The minimum Gasteiger partial charge on any atom is -0.363 e. The fourth-order valence-electron chi connectivity index (χ4n) is 2.97. The van der Waals surface area contributed by atoms with E-state index in [2.05, 4.69) is 64.1 Å². The maximum absolute atomic E-state index is 4.71. The van der Waals surface area contributed by atoms with Crippen LogP contribution in [-0.2, 0) is 13.0 Å². The van der Waals surface area contributed by atoms with E-state index in [9.17, 15) is 0 Å². The Morgan fingerprint density at radius 1 is 1.18 bits per heavy atom. The molecule has 2 heterocycles. The quantitative estimate of drug-likeness (QED) is 0.268. The summed E-state index contributed by atoms with van der Waals surface area (Å²) in [4.78, 5) is 14.4. The summed E-state index contributed by atoms with van der Waals surface area (Å²) in [5.74, 6) is 1.78. The molecule has 150 valence electrons. The van der Waals surface area contributed by atoms with Gasteiger partial charge in [-0.1, -0.05) is 18.2 Å². The first-order valence-corrected chi connectivity index (χ1v) is 9.37. The molecule has 0 radical (unpaired) electrons. The van der Waals surface area contributed by atoms with E-state index in [1.165, 1.54) is 16.5 Å². The summed E-state index contributed by atoms with van der Waals surface area (Å²) in [7, 11) is 3.98. The molecule has 3 N–H and O–H groups in total. The zero-order chi connectivity index (χ0) is 19.1. The molecule has 0 spiro atoms. The first kappa shape index (κ1) is 22.0. The number of aromatic nitrogens is 2. The number of para-hydroxylation sites is 1. The van der Waals surface area contributed by atoms with Crippen molar-refractivity contribution in [1.82, 2.24) is 20.6 Å². The molecule has 0 amide bonds. The van der Waals surface area contributed by atoms with Gasteiger partial charge in [0.1, 0.15) is 5.82 Å².